The Bertz CT molecular complexity index is 3020. The number of nitriles is 2. The molecular weight excluding hydrogens is 809 g/mol. The largest absolute Gasteiger partial charge is 0.192 e. The van der Waals surface area contributed by atoms with Gasteiger partial charge >= 0.3 is 0 Å². The highest BCUT2D eigenvalue weighted by Crippen LogP contribution is 2.63. The number of fused-ring (bicyclic) bond motifs is 10. The summed E-state index contributed by atoms with van der Waals surface area (Å²) in [5.74, 6) is 1.27. The van der Waals surface area contributed by atoms with Crippen LogP contribution in [0.1, 0.15) is 130 Å². The average Bonchev–Trinajstić information content (AvgIpc) is 3.79. The van der Waals surface area contributed by atoms with Crippen LogP contribution in [0.25, 0.3) is 44.5 Å². The van der Waals surface area contributed by atoms with Gasteiger partial charge in [-0.05, 0) is 191 Å². The molecular formula is C65H62N2. The molecule has 2 aliphatic carbocycles. The van der Waals surface area contributed by atoms with Gasteiger partial charge in [-0.15, -0.1) is 0 Å². The lowest BCUT2D eigenvalue weighted by atomic mass is 9.69. The van der Waals surface area contributed by atoms with E-state index in [4.69, 9.17) is 0 Å². The molecule has 2 aliphatic rings. The second kappa shape index (κ2) is 19.3. The Kier molecular flexibility index (Phi) is 13.3. The zero-order chi connectivity index (χ0) is 47.6. The van der Waals surface area contributed by atoms with E-state index in [1.165, 1.54) is 102 Å². The summed E-state index contributed by atoms with van der Waals surface area (Å²) in [7, 11) is 0. The van der Waals surface area contributed by atoms with Crippen molar-refractivity contribution in [3.8, 4) is 56.6 Å². The van der Waals surface area contributed by atoms with Gasteiger partial charge in [0.1, 0.15) is 0 Å². The molecule has 0 bridgehead atoms. The minimum absolute atomic E-state index is 0.521. The van der Waals surface area contributed by atoms with Gasteiger partial charge in [-0.3, -0.25) is 0 Å². The van der Waals surface area contributed by atoms with Crippen LogP contribution in [0.15, 0.2) is 158 Å². The third-order valence-electron chi connectivity index (χ3n) is 14.6. The van der Waals surface area contributed by atoms with E-state index in [2.05, 4.69) is 215 Å². The number of hydrogen-bond acceptors (Lipinski definition) is 2. The van der Waals surface area contributed by atoms with Crippen molar-refractivity contribution in [3.05, 3.63) is 236 Å². The van der Waals surface area contributed by atoms with Crippen LogP contribution < -0.4 is 0 Å². The van der Waals surface area contributed by atoms with Crippen LogP contribution in [0.4, 0.5) is 0 Å². The second-order valence-corrected chi connectivity index (χ2v) is 19.0. The molecule has 2 unspecified atom stereocenters. The number of benzene rings is 8. The molecule has 8 aromatic carbocycles. The van der Waals surface area contributed by atoms with Crippen LogP contribution >= 0.6 is 0 Å². The Balaban J connectivity index is 0.000000146. The second-order valence-electron chi connectivity index (χ2n) is 19.0. The molecule has 0 aliphatic heterocycles. The zero-order valence-corrected chi connectivity index (χ0v) is 41.0. The van der Waals surface area contributed by atoms with E-state index in [-0.39, 0.29) is 0 Å². The molecule has 332 valence electrons. The molecule has 2 nitrogen and oxygen atoms in total. The summed E-state index contributed by atoms with van der Waals surface area (Å²) in [6.07, 6.45) is 2.38. The van der Waals surface area contributed by atoms with Gasteiger partial charge in [-0.2, -0.15) is 10.5 Å². The van der Waals surface area contributed by atoms with E-state index in [1.54, 1.807) is 0 Å². The molecule has 0 fully saturated rings. The van der Waals surface area contributed by atoms with Gasteiger partial charge in [-0.25, -0.2) is 0 Å². The summed E-state index contributed by atoms with van der Waals surface area (Å²) < 4.78 is 0. The van der Waals surface area contributed by atoms with Crippen molar-refractivity contribution in [3.63, 3.8) is 0 Å². The van der Waals surface area contributed by atoms with Crippen LogP contribution in [-0.4, -0.2) is 0 Å². The lowest BCUT2D eigenvalue weighted by molar-refractivity contribution is 0.733. The lowest BCUT2D eigenvalue weighted by Crippen LogP contribution is -2.26. The molecule has 1 spiro atoms. The Morgan fingerprint density at radius 1 is 0.373 bits per heavy atom. The molecule has 0 radical (unpaired) electrons. The van der Waals surface area contributed by atoms with Gasteiger partial charge in [0.25, 0.3) is 0 Å². The summed E-state index contributed by atoms with van der Waals surface area (Å²) in [5.41, 5.74) is 26.4. The van der Waals surface area contributed by atoms with Gasteiger partial charge in [0, 0.05) is 0 Å². The summed E-state index contributed by atoms with van der Waals surface area (Å²) in [5, 5.41) is 19.4. The fourth-order valence-electron chi connectivity index (χ4n) is 10.3. The van der Waals surface area contributed by atoms with Crippen LogP contribution in [0, 0.1) is 64.2 Å². The molecule has 0 heterocycles. The molecule has 0 saturated carbocycles. The highest BCUT2D eigenvalue weighted by Gasteiger charge is 2.52. The lowest BCUT2D eigenvalue weighted by Gasteiger charge is -2.31. The SMILES string of the molecule is CCC(C)c1ccc(C)c(-c2ccccc2C)c1.CCC(C)c1ccc(C)c(-c2ccccc2C)c1.Cc1ccc2c(c1)C1(c3cc(C)ccc3-2)c2cc(C#N)ccc2-c2ccc(C#N)cc21. The molecule has 0 aromatic heterocycles. The van der Waals surface area contributed by atoms with Crippen molar-refractivity contribution in [1.82, 2.24) is 0 Å². The average molecular weight is 871 g/mol. The first-order valence-electron chi connectivity index (χ1n) is 24.0. The normalized spacial score (nSPS) is 13.0. The smallest absolute Gasteiger partial charge is 0.0991 e. The summed E-state index contributed by atoms with van der Waals surface area (Å²) in [6.45, 7) is 22.1. The minimum Gasteiger partial charge on any atom is -0.192 e. The van der Waals surface area contributed by atoms with Crippen molar-refractivity contribution >= 4 is 0 Å². The topological polar surface area (TPSA) is 47.6 Å². The number of aryl methyl sites for hydroxylation is 6. The van der Waals surface area contributed by atoms with E-state index in [9.17, 15) is 10.5 Å². The quantitative estimate of drug-likeness (QED) is 0.167. The van der Waals surface area contributed by atoms with E-state index in [0.717, 1.165) is 22.3 Å². The highest BCUT2D eigenvalue weighted by atomic mass is 14.5. The molecule has 10 rings (SSSR count). The molecule has 2 atom stereocenters. The molecule has 0 N–H and O–H groups in total. The van der Waals surface area contributed by atoms with Crippen molar-refractivity contribution in [2.24, 2.45) is 0 Å². The predicted molar refractivity (Wildman–Crippen MR) is 282 cm³/mol. The van der Waals surface area contributed by atoms with Gasteiger partial charge in [0.05, 0.1) is 28.7 Å². The minimum atomic E-state index is -0.521. The van der Waals surface area contributed by atoms with Crippen LogP contribution in [0.3, 0.4) is 0 Å². The van der Waals surface area contributed by atoms with Crippen molar-refractivity contribution < 1.29 is 0 Å². The van der Waals surface area contributed by atoms with E-state index < -0.39 is 5.41 Å². The Labute approximate surface area is 400 Å². The summed E-state index contributed by atoms with van der Waals surface area (Å²) in [4.78, 5) is 0. The molecule has 0 saturated heterocycles. The Morgan fingerprint density at radius 2 is 0.716 bits per heavy atom. The maximum absolute atomic E-state index is 9.68. The maximum Gasteiger partial charge on any atom is 0.0991 e. The molecule has 8 aromatic rings. The number of nitrogens with zero attached hydrogens (tertiary/aromatic N) is 2. The number of rotatable bonds is 6. The standard InChI is InChI=1S/C29H18N2.2C18H22/c1-17-3-7-21-22-8-4-18(2)12-26(22)29(25(21)11-17)27-13-19(15-30)5-9-23(27)24-10-6-20(16-31)14-28(24)29;2*1-5-13(2)16-11-10-15(4)18(12-16)17-9-7-6-8-14(17)3/h3-14H,1-2H3;2*6-13H,5H2,1-4H3. The number of hydrogen-bond donors (Lipinski definition) is 0. The van der Waals surface area contributed by atoms with Gasteiger partial charge < -0.3 is 0 Å². The third-order valence-corrected chi connectivity index (χ3v) is 14.6. The van der Waals surface area contributed by atoms with Crippen LogP contribution in [-0.2, 0) is 5.41 Å². The fraction of sp³-hybridized carbons (Fsp3) is 0.231. The Morgan fingerprint density at radius 3 is 1.07 bits per heavy atom. The summed E-state index contributed by atoms with van der Waals surface area (Å²) in [6, 6.07) is 61.0. The van der Waals surface area contributed by atoms with Crippen molar-refractivity contribution in [2.45, 2.75) is 99.3 Å². The first-order valence-corrected chi connectivity index (χ1v) is 24.0. The fourth-order valence-corrected chi connectivity index (χ4v) is 10.3. The van der Waals surface area contributed by atoms with Crippen LogP contribution in [0.5, 0.6) is 0 Å². The summed E-state index contributed by atoms with van der Waals surface area (Å²) >= 11 is 0. The van der Waals surface area contributed by atoms with Crippen molar-refractivity contribution in [1.29, 1.82) is 10.5 Å². The Hall–Kier alpha value is -7.26. The van der Waals surface area contributed by atoms with Crippen molar-refractivity contribution in [2.75, 3.05) is 0 Å². The monoisotopic (exact) mass is 870 g/mol. The first-order chi connectivity index (χ1) is 32.3. The van der Waals surface area contributed by atoms with Crippen LogP contribution in [0.2, 0.25) is 0 Å². The van der Waals surface area contributed by atoms with Gasteiger partial charge in [0.15, 0.2) is 0 Å². The van der Waals surface area contributed by atoms with E-state index in [1.807, 2.05) is 24.3 Å². The van der Waals surface area contributed by atoms with E-state index >= 15 is 0 Å². The first kappa shape index (κ1) is 46.3. The molecule has 67 heavy (non-hydrogen) atoms. The van der Waals surface area contributed by atoms with Gasteiger partial charge in [-0.1, -0.05) is 172 Å². The molecule has 0 amide bonds. The molecule has 2 heteroatoms. The maximum atomic E-state index is 9.68. The van der Waals surface area contributed by atoms with Gasteiger partial charge in [0.2, 0.25) is 0 Å². The zero-order valence-electron chi connectivity index (χ0n) is 41.0. The van der Waals surface area contributed by atoms with E-state index in [0.29, 0.717) is 23.0 Å². The predicted octanol–water partition coefficient (Wildman–Crippen LogP) is 17.4. The third kappa shape index (κ3) is 8.55. The highest BCUT2D eigenvalue weighted by molar-refractivity contribution is 5.95.